The van der Waals surface area contributed by atoms with Crippen molar-refractivity contribution >= 4 is 21.8 Å². The molecule has 206 valence electrons. The molecule has 0 saturated heterocycles. The van der Waals surface area contributed by atoms with Gasteiger partial charge in [0.1, 0.15) is 0 Å². The molecule has 0 bridgehead atoms. The van der Waals surface area contributed by atoms with Gasteiger partial charge in [-0.15, -0.1) is 0 Å². The highest BCUT2D eigenvalue weighted by Crippen LogP contribution is 2.38. The van der Waals surface area contributed by atoms with E-state index < -0.39 is 0 Å². The van der Waals surface area contributed by atoms with Gasteiger partial charge in [0.25, 0.3) is 0 Å². The van der Waals surface area contributed by atoms with E-state index in [4.69, 9.17) is 0 Å². The Morgan fingerprint density at radius 1 is 0.585 bits per heavy atom. The fourth-order valence-electron chi connectivity index (χ4n) is 6.20. The van der Waals surface area contributed by atoms with E-state index in [1.165, 1.54) is 60.9 Å². The van der Waals surface area contributed by atoms with Crippen LogP contribution < -0.4 is 0 Å². The van der Waals surface area contributed by atoms with Crippen LogP contribution >= 0.6 is 0 Å². The largest absolute Gasteiger partial charge is 0.309 e. The van der Waals surface area contributed by atoms with Crippen molar-refractivity contribution in [3.05, 3.63) is 126 Å². The summed E-state index contributed by atoms with van der Waals surface area (Å²) in [6.45, 7) is 11.5. The summed E-state index contributed by atoms with van der Waals surface area (Å²) in [7, 11) is 0. The van der Waals surface area contributed by atoms with E-state index in [0.717, 1.165) is 19.3 Å². The van der Waals surface area contributed by atoms with Crippen molar-refractivity contribution in [1.29, 1.82) is 0 Å². The van der Waals surface area contributed by atoms with Crippen LogP contribution in [0.3, 0.4) is 0 Å². The quantitative estimate of drug-likeness (QED) is 0.183. The van der Waals surface area contributed by atoms with Crippen molar-refractivity contribution in [2.75, 3.05) is 0 Å². The van der Waals surface area contributed by atoms with E-state index in [9.17, 15) is 0 Å². The first kappa shape index (κ1) is 27.1. The zero-order chi connectivity index (χ0) is 28.6. The van der Waals surface area contributed by atoms with Crippen molar-refractivity contribution in [3.63, 3.8) is 0 Å². The van der Waals surface area contributed by atoms with Gasteiger partial charge in [-0.1, -0.05) is 113 Å². The molecule has 1 nitrogen and oxygen atoms in total. The first-order chi connectivity index (χ1) is 20.0. The van der Waals surface area contributed by atoms with Gasteiger partial charge in [-0.2, -0.15) is 0 Å². The van der Waals surface area contributed by atoms with E-state index in [2.05, 4.69) is 154 Å². The number of benzene rings is 5. The minimum absolute atomic E-state index is 0.231. The Morgan fingerprint density at radius 2 is 1.07 bits per heavy atom. The molecular formula is C40H41N. The second-order valence-electron chi connectivity index (χ2n) is 11.9. The first-order valence-corrected chi connectivity index (χ1v) is 15.3. The molecule has 0 amide bonds. The molecule has 6 rings (SSSR count). The van der Waals surface area contributed by atoms with Crippen LogP contribution in [0.1, 0.15) is 70.9 Å². The molecule has 41 heavy (non-hydrogen) atoms. The summed E-state index contributed by atoms with van der Waals surface area (Å²) < 4.78 is 2.40. The van der Waals surface area contributed by atoms with Crippen LogP contribution in [0.5, 0.6) is 0 Å². The number of hydrogen-bond donors (Lipinski definition) is 0. The van der Waals surface area contributed by atoms with Gasteiger partial charge in [0.05, 0.1) is 11.0 Å². The summed E-state index contributed by atoms with van der Waals surface area (Å²) in [5, 5.41) is 2.57. The summed E-state index contributed by atoms with van der Waals surface area (Å²) in [4.78, 5) is 0. The van der Waals surface area contributed by atoms with Crippen LogP contribution in [0.25, 0.3) is 49.7 Å². The van der Waals surface area contributed by atoms with Gasteiger partial charge in [0, 0.05) is 16.5 Å². The van der Waals surface area contributed by atoms with Crippen LogP contribution in [-0.4, -0.2) is 4.57 Å². The van der Waals surface area contributed by atoms with Gasteiger partial charge >= 0.3 is 0 Å². The molecule has 0 saturated carbocycles. The molecule has 1 heterocycles. The highest BCUT2D eigenvalue weighted by atomic mass is 15.0. The van der Waals surface area contributed by atoms with Crippen LogP contribution in [0.4, 0.5) is 0 Å². The van der Waals surface area contributed by atoms with Crippen molar-refractivity contribution < 1.29 is 0 Å². The third-order valence-electron chi connectivity index (χ3n) is 9.68. The standard InChI is InChI=1S/C40H41N/c1-6-28(4)29-14-16-30(17-15-29)32-20-24-38-36(26-32)37-27-33(21-25-39(37)41(38)35-12-10-9-11-13-35)31-18-22-34(23-19-31)40(5,7-2)8-3/h9-28H,6-8H2,1-5H3. The Hall–Kier alpha value is -4.10. The molecule has 0 fully saturated rings. The van der Waals surface area contributed by atoms with Crippen molar-refractivity contribution in [2.24, 2.45) is 0 Å². The van der Waals surface area contributed by atoms with Gasteiger partial charge in [0.2, 0.25) is 0 Å². The third kappa shape index (κ3) is 4.88. The lowest BCUT2D eigenvalue weighted by molar-refractivity contribution is 0.439. The Morgan fingerprint density at radius 3 is 1.56 bits per heavy atom. The average Bonchev–Trinajstić information content (AvgIpc) is 3.37. The maximum Gasteiger partial charge on any atom is 0.0541 e. The summed E-state index contributed by atoms with van der Waals surface area (Å²) in [5.74, 6) is 0.584. The summed E-state index contributed by atoms with van der Waals surface area (Å²) in [6.07, 6.45) is 3.46. The number of para-hydroxylation sites is 1. The van der Waals surface area contributed by atoms with Crippen molar-refractivity contribution in [3.8, 4) is 27.9 Å². The van der Waals surface area contributed by atoms with Gasteiger partial charge in [-0.05, 0) is 100 Å². The molecule has 1 heteroatoms. The monoisotopic (exact) mass is 535 g/mol. The average molecular weight is 536 g/mol. The highest BCUT2D eigenvalue weighted by molar-refractivity contribution is 6.11. The predicted molar refractivity (Wildman–Crippen MR) is 178 cm³/mol. The van der Waals surface area contributed by atoms with Crippen LogP contribution in [0, 0.1) is 0 Å². The van der Waals surface area contributed by atoms with Crippen LogP contribution in [0.15, 0.2) is 115 Å². The zero-order valence-corrected chi connectivity index (χ0v) is 25.1. The Labute approximate surface area is 245 Å². The zero-order valence-electron chi connectivity index (χ0n) is 25.1. The lowest BCUT2D eigenvalue weighted by Crippen LogP contribution is -2.19. The van der Waals surface area contributed by atoms with Crippen molar-refractivity contribution in [2.45, 2.75) is 65.2 Å². The first-order valence-electron chi connectivity index (χ1n) is 15.3. The van der Waals surface area contributed by atoms with E-state index in [1.54, 1.807) is 0 Å². The molecule has 0 N–H and O–H groups in total. The topological polar surface area (TPSA) is 4.93 Å². The number of aromatic nitrogens is 1. The lowest BCUT2D eigenvalue weighted by Gasteiger charge is -2.27. The molecule has 1 unspecified atom stereocenters. The lowest BCUT2D eigenvalue weighted by atomic mass is 9.77. The molecule has 0 aliphatic rings. The van der Waals surface area contributed by atoms with Crippen molar-refractivity contribution in [1.82, 2.24) is 4.57 Å². The van der Waals surface area contributed by atoms with E-state index in [-0.39, 0.29) is 5.41 Å². The molecule has 0 aliphatic carbocycles. The molecular weight excluding hydrogens is 494 g/mol. The van der Waals surface area contributed by atoms with E-state index in [1.807, 2.05) is 0 Å². The minimum atomic E-state index is 0.231. The number of nitrogens with zero attached hydrogens (tertiary/aromatic N) is 1. The second-order valence-corrected chi connectivity index (χ2v) is 11.9. The SMILES string of the molecule is CCC(C)c1ccc(-c2ccc3c(c2)c2cc(-c4ccc(C(C)(CC)CC)cc4)ccc2n3-c2ccccc2)cc1. The predicted octanol–water partition coefficient (Wildman–Crippen LogP) is 11.7. The van der Waals surface area contributed by atoms with E-state index in [0.29, 0.717) is 5.92 Å². The molecule has 6 aromatic rings. The second kappa shape index (κ2) is 11.1. The van der Waals surface area contributed by atoms with Gasteiger partial charge < -0.3 is 4.57 Å². The summed E-state index contributed by atoms with van der Waals surface area (Å²) in [5.41, 5.74) is 11.8. The minimum Gasteiger partial charge on any atom is -0.309 e. The molecule has 0 aliphatic heterocycles. The van der Waals surface area contributed by atoms with Gasteiger partial charge in [0.15, 0.2) is 0 Å². The molecule has 1 atom stereocenters. The van der Waals surface area contributed by atoms with Gasteiger partial charge in [-0.25, -0.2) is 0 Å². The van der Waals surface area contributed by atoms with Crippen LogP contribution in [-0.2, 0) is 5.41 Å². The fraction of sp³-hybridized carbons (Fsp3) is 0.250. The molecule has 5 aromatic carbocycles. The molecule has 0 radical (unpaired) electrons. The highest BCUT2D eigenvalue weighted by Gasteiger charge is 2.22. The fourth-order valence-corrected chi connectivity index (χ4v) is 6.20. The van der Waals surface area contributed by atoms with Gasteiger partial charge in [-0.3, -0.25) is 0 Å². The maximum absolute atomic E-state index is 2.40. The third-order valence-corrected chi connectivity index (χ3v) is 9.68. The van der Waals surface area contributed by atoms with Crippen LogP contribution in [0.2, 0.25) is 0 Å². The van der Waals surface area contributed by atoms with E-state index >= 15 is 0 Å². The number of hydrogen-bond acceptors (Lipinski definition) is 0. The normalized spacial score (nSPS) is 12.7. The maximum atomic E-state index is 2.40. The number of rotatable bonds is 8. The summed E-state index contributed by atoms with van der Waals surface area (Å²) >= 11 is 0. The number of fused-ring (bicyclic) bond motifs is 3. The molecule has 1 aromatic heterocycles. The smallest absolute Gasteiger partial charge is 0.0541 e. The summed E-state index contributed by atoms with van der Waals surface area (Å²) in [6, 6.07) is 43.1. The molecule has 0 spiro atoms. The Kier molecular flexibility index (Phi) is 7.30. The Bertz CT molecular complexity index is 1780. The Balaban J connectivity index is 1.50.